The number of hydrogen-bond donors (Lipinski definition) is 1. The highest BCUT2D eigenvalue weighted by molar-refractivity contribution is 8.14. The lowest BCUT2D eigenvalue weighted by Gasteiger charge is -2.28. The van der Waals surface area contributed by atoms with Gasteiger partial charge in [0.05, 0.1) is 6.04 Å². The lowest BCUT2D eigenvalue weighted by atomic mass is 10.1. The van der Waals surface area contributed by atoms with Crippen molar-refractivity contribution in [3.63, 3.8) is 0 Å². The smallest absolute Gasteiger partial charge is 0.302 e. The van der Waals surface area contributed by atoms with E-state index in [4.69, 9.17) is 9.47 Å². The molecule has 2 heterocycles. The zero-order chi connectivity index (χ0) is 11.5. The van der Waals surface area contributed by atoms with Crippen LogP contribution in [0, 0.1) is 12.8 Å². The third-order valence-electron chi connectivity index (χ3n) is 2.08. The molecular formula is C10H12N2O3S. The number of esters is 1. The van der Waals surface area contributed by atoms with Crippen molar-refractivity contribution in [1.82, 2.24) is 5.32 Å². The maximum absolute atomic E-state index is 10.6. The Morgan fingerprint density at radius 3 is 3.19 bits per heavy atom. The summed E-state index contributed by atoms with van der Waals surface area (Å²) in [6.07, 6.45) is 5.55. The summed E-state index contributed by atoms with van der Waals surface area (Å²) in [5.41, 5.74) is -0.0933. The molecule has 3 atom stereocenters. The van der Waals surface area contributed by atoms with Gasteiger partial charge in [-0.05, 0) is 0 Å². The lowest BCUT2D eigenvalue weighted by Crippen LogP contribution is -2.37. The minimum atomic E-state index is -0.343. The third kappa shape index (κ3) is 2.68. The Kier molecular flexibility index (Phi) is 3.70. The van der Waals surface area contributed by atoms with E-state index in [2.05, 4.69) is 23.2 Å². The van der Waals surface area contributed by atoms with E-state index < -0.39 is 0 Å². The molecule has 1 fully saturated rings. The third-order valence-corrected chi connectivity index (χ3v) is 3.22. The second-order valence-electron chi connectivity index (χ2n) is 3.33. The molecule has 0 saturated carbocycles. The first-order valence-corrected chi connectivity index (χ1v) is 5.79. The SMILES string of the molecule is CNC1=N[C@@H]2[C][C][C@H](COC(C)=O)O[C@@H]2S1. The fourth-order valence-corrected chi connectivity index (χ4v) is 2.33. The molecule has 0 bridgehead atoms. The normalized spacial score (nSPS) is 32.9. The summed E-state index contributed by atoms with van der Waals surface area (Å²) in [6, 6.07) is -0.110. The Balaban J connectivity index is 1.82. The van der Waals surface area contributed by atoms with Gasteiger partial charge < -0.3 is 14.8 Å². The molecular weight excluding hydrogens is 228 g/mol. The summed E-state index contributed by atoms with van der Waals surface area (Å²) in [4.78, 5) is 15.0. The standard InChI is InChI=1S/C10H12N2O3S/c1-6(13)14-5-7-3-4-8-9(15-7)16-10(11-2)12-8/h7-9H,5H2,1-2H3,(H,11,12)/t7-,8-,9-/m1/s1. The van der Waals surface area contributed by atoms with Gasteiger partial charge in [-0.3, -0.25) is 9.79 Å². The number of aliphatic imine (C=N–C) groups is 1. The number of fused-ring (bicyclic) bond motifs is 1. The summed E-state index contributed by atoms with van der Waals surface area (Å²) in [7, 11) is 1.81. The number of amidine groups is 1. The van der Waals surface area contributed by atoms with Crippen molar-refractivity contribution in [3.05, 3.63) is 12.8 Å². The Labute approximate surface area is 99.0 Å². The maximum atomic E-state index is 10.6. The van der Waals surface area contributed by atoms with E-state index in [1.54, 1.807) is 0 Å². The van der Waals surface area contributed by atoms with Crippen LogP contribution in [0.4, 0.5) is 0 Å². The van der Waals surface area contributed by atoms with Crippen LogP contribution < -0.4 is 5.32 Å². The molecule has 2 rings (SSSR count). The molecule has 0 unspecified atom stereocenters. The number of hydrogen-bond acceptors (Lipinski definition) is 6. The number of nitrogens with one attached hydrogen (secondary N) is 1. The largest absolute Gasteiger partial charge is 0.463 e. The van der Waals surface area contributed by atoms with Crippen molar-refractivity contribution in [2.75, 3.05) is 13.7 Å². The van der Waals surface area contributed by atoms with Crippen molar-refractivity contribution in [1.29, 1.82) is 0 Å². The van der Waals surface area contributed by atoms with Gasteiger partial charge in [0.25, 0.3) is 0 Å². The van der Waals surface area contributed by atoms with E-state index in [1.165, 1.54) is 18.7 Å². The van der Waals surface area contributed by atoms with E-state index in [0.29, 0.717) is 0 Å². The molecule has 1 saturated heterocycles. The summed E-state index contributed by atoms with van der Waals surface area (Å²) < 4.78 is 10.5. The average molecular weight is 240 g/mol. The Bertz CT molecular complexity index is 308. The van der Waals surface area contributed by atoms with Crippen LogP contribution in [0.1, 0.15) is 6.92 Å². The molecule has 6 heteroatoms. The number of ether oxygens (including phenoxy) is 2. The highest BCUT2D eigenvalue weighted by atomic mass is 32.2. The van der Waals surface area contributed by atoms with E-state index in [0.717, 1.165) is 5.17 Å². The Morgan fingerprint density at radius 1 is 1.69 bits per heavy atom. The molecule has 0 aromatic rings. The van der Waals surface area contributed by atoms with Crippen LogP contribution in [-0.2, 0) is 14.3 Å². The molecule has 86 valence electrons. The van der Waals surface area contributed by atoms with E-state index in [-0.39, 0.29) is 30.2 Å². The number of thioether (sulfide) groups is 1. The van der Waals surface area contributed by atoms with Gasteiger partial charge >= 0.3 is 5.97 Å². The summed E-state index contributed by atoms with van der Waals surface area (Å²) in [6.45, 7) is 1.55. The summed E-state index contributed by atoms with van der Waals surface area (Å²) >= 11 is 1.51. The molecule has 1 N–H and O–H groups in total. The molecule has 0 aliphatic carbocycles. The summed E-state index contributed by atoms with van der Waals surface area (Å²) in [5.74, 6) is -0.321. The second-order valence-corrected chi connectivity index (χ2v) is 4.42. The quantitative estimate of drug-likeness (QED) is 0.695. The van der Waals surface area contributed by atoms with Gasteiger partial charge in [-0.2, -0.15) is 0 Å². The molecule has 0 amide bonds. The van der Waals surface area contributed by atoms with Crippen LogP contribution in [0.15, 0.2) is 4.99 Å². The predicted octanol–water partition coefficient (Wildman–Crippen LogP) is 0.128. The summed E-state index contributed by atoms with van der Waals surface area (Å²) in [5, 5.41) is 3.80. The molecule has 4 radical (unpaired) electrons. The maximum Gasteiger partial charge on any atom is 0.302 e. The number of nitrogens with zero attached hydrogens (tertiary/aromatic N) is 1. The van der Waals surface area contributed by atoms with E-state index in [1.807, 2.05) is 7.05 Å². The molecule has 0 spiro atoms. The predicted molar refractivity (Wildman–Crippen MR) is 59.7 cm³/mol. The van der Waals surface area contributed by atoms with Crippen molar-refractivity contribution >= 4 is 22.9 Å². The minimum absolute atomic E-state index is 0.0933. The topological polar surface area (TPSA) is 59.9 Å². The van der Waals surface area contributed by atoms with Crippen LogP contribution in [-0.4, -0.2) is 42.4 Å². The van der Waals surface area contributed by atoms with Gasteiger partial charge in [-0.1, -0.05) is 11.8 Å². The Hall–Kier alpha value is -0.750. The monoisotopic (exact) mass is 240 g/mol. The molecule has 2 aliphatic rings. The van der Waals surface area contributed by atoms with Crippen molar-refractivity contribution in [2.24, 2.45) is 4.99 Å². The Morgan fingerprint density at radius 2 is 2.50 bits per heavy atom. The highest BCUT2D eigenvalue weighted by Gasteiger charge is 2.38. The van der Waals surface area contributed by atoms with Crippen molar-refractivity contribution in [3.8, 4) is 0 Å². The minimum Gasteiger partial charge on any atom is -0.463 e. The van der Waals surface area contributed by atoms with Crippen LogP contribution in [0.2, 0.25) is 0 Å². The van der Waals surface area contributed by atoms with Gasteiger partial charge in [0.2, 0.25) is 0 Å². The highest BCUT2D eigenvalue weighted by Crippen LogP contribution is 2.34. The number of carbonyl (C=O) groups is 1. The molecule has 16 heavy (non-hydrogen) atoms. The second kappa shape index (κ2) is 5.05. The van der Waals surface area contributed by atoms with Gasteiger partial charge in [-0.15, -0.1) is 0 Å². The number of rotatable bonds is 2. The van der Waals surface area contributed by atoms with Crippen LogP contribution >= 0.6 is 11.8 Å². The molecule has 5 nitrogen and oxygen atoms in total. The van der Waals surface area contributed by atoms with Crippen LogP contribution in [0.25, 0.3) is 0 Å². The van der Waals surface area contributed by atoms with Crippen LogP contribution in [0.5, 0.6) is 0 Å². The molecule has 2 aliphatic heterocycles. The molecule has 0 aromatic carbocycles. The van der Waals surface area contributed by atoms with Gasteiger partial charge in [-0.25, -0.2) is 0 Å². The first kappa shape index (κ1) is 11.7. The fourth-order valence-electron chi connectivity index (χ4n) is 1.37. The zero-order valence-electron chi connectivity index (χ0n) is 9.02. The van der Waals surface area contributed by atoms with E-state index in [9.17, 15) is 4.79 Å². The van der Waals surface area contributed by atoms with Crippen molar-refractivity contribution < 1.29 is 14.3 Å². The first-order chi connectivity index (χ1) is 7.69. The fraction of sp³-hybridized carbons (Fsp3) is 0.600. The lowest BCUT2D eigenvalue weighted by molar-refractivity contribution is -0.145. The zero-order valence-corrected chi connectivity index (χ0v) is 9.84. The van der Waals surface area contributed by atoms with Crippen LogP contribution in [0.3, 0.4) is 0 Å². The van der Waals surface area contributed by atoms with Crippen molar-refractivity contribution in [2.45, 2.75) is 24.5 Å². The number of carbonyl (C=O) groups excluding carboxylic acids is 1. The van der Waals surface area contributed by atoms with Gasteiger partial charge in [0.1, 0.15) is 18.1 Å². The first-order valence-electron chi connectivity index (χ1n) is 4.91. The molecule has 0 aromatic heterocycles. The van der Waals surface area contributed by atoms with E-state index >= 15 is 0 Å². The van der Waals surface area contributed by atoms with Gasteiger partial charge in [0, 0.05) is 26.8 Å². The van der Waals surface area contributed by atoms with Gasteiger partial charge in [0.15, 0.2) is 5.17 Å². The average Bonchev–Trinajstić information content (AvgIpc) is 2.68.